The van der Waals surface area contributed by atoms with E-state index in [1.165, 1.54) is 64.5 Å². The van der Waals surface area contributed by atoms with Crippen LogP contribution in [0.25, 0.3) is 11.2 Å². The van der Waals surface area contributed by atoms with Crippen LogP contribution < -0.4 is 31.2 Å². The minimum atomic E-state index is -4.39. The number of methoxy groups -OCH3 is 1. The van der Waals surface area contributed by atoms with Crippen LogP contribution in [-0.2, 0) is 52.9 Å². The second-order valence-corrected chi connectivity index (χ2v) is 28.8. The van der Waals surface area contributed by atoms with E-state index in [1.807, 2.05) is 19.1 Å². The molecule has 3 saturated heterocycles. The smallest absolute Gasteiger partial charge is 0.389 e. The highest BCUT2D eigenvalue weighted by molar-refractivity contribution is 8.55. The van der Waals surface area contributed by atoms with Gasteiger partial charge in [-0.05, 0) is 108 Å². The van der Waals surface area contributed by atoms with E-state index in [0.717, 1.165) is 51.8 Å². The maximum absolute atomic E-state index is 15.6. The van der Waals surface area contributed by atoms with Crippen LogP contribution in [-0.4, -0.2) is 98.5 Å². The van der Waals surface area contributed by atoms with Crippen molar-refractivity contribution in [3.63, 3.8) is 0 Å². The van der Waals surface area contributed by atoms with E-state index < -0.39 is 86.4 Å². The highest BCUT2D eigenvalue weighted by atomic mass is 32.7. The van der Waals surface area contributed by atoms with Crippen molar-refractivity contribution in [2.24, 2.45) is 0 Å². The minimum absolute atomic E-state index is 0.0304. The van der Waals surface area contributed by atoms with Gasteiger partial charge in [-0.25, -0.2) is 38.5 Å². The van der Waals surface area contributed by atoms with Crippen molar-refractivity contribution < 1.29 is 65.2 Å². The van der Waals surface area contributed by atoms with Crippen molar-refractivity contribution in [3.8, 4) is 17.2 Å². The normalized spacial score (nSPS) is 24.1. The SMILES string of the molecule is CCCCCCCCCCOc1ccc(C(=O)Oc2ccc(CSP3(=O)OC[C@H]4O[C@@H](n5ccc(=O)[nH]c5=O)[C@H](OC)[C@@H]4OP(=O)(SCc4ccc(OC(=O)c5ccc(C)cc5)cc4)OC[C@@H]4C[C@@H](O3)[C@H](n3cnc5c(N)ncnc53)O4)cc2)cc1. The number of H-pyrrole nitrogens is 1. The number of hydrogen-bond donors (Lipinski definition) is 2. The number of anilines is 1. The summed E-state index contributed by atoms with van der Waals surface area (Å²) >= 11 is 1.70. The van der Waals surface area contributed by atoms with E-state index in [9.17, 15) is 19.2 Å². The second-order valence-electron chi connectivity index (χ2n) is 20.8. The van der Waals surface area contributed by atoms with Crippen molar-refractivity contribution in [1.29, 1.82) is 0 Å². The third-order valence-electron chi connectivity index (χ3n) is 14.5. The zero-order valence-electron chi connectivity index (χ0n) is 47.5. The number of imidazole rings is 1. The van der Waals surface area contributed by atoms with E-state index in [0.29, 0.717) is 34.6 Å². The fourth-order valence-corrected chi connectivity index (χ4v) is 16.7. The van der Waals surface area contributed by atoms with Crippen LogP contribution in [0, 0.1) is 6.92 Å². The van der Waals surface area contributed by atoms with Crippen LogP contribution in [0.1, 0.15) is 115 Å². The maximum atomic E-state index is 15.6. The summed E-state index contributed by atoms with van der Waals surface area (Å²) in [6.07, 6.45) is 5.42. The molecule has 7 aromatic rings. The maximum Gasteiger partial charge on any atom is 0.389 e. The Morgan fingerprint density at radius 1 is 0.686 bits per heavy atom. The molecule has 3 fully saturated rings. The average molecular weight is 1260 g/mol. The fraction of sp³-hybridized carbons (Fsp3) is 0.407. The summed E-state index contributed by atoms with van der Waals surface area (Å²) in [6.45, 7) is -4.93. The number of aromatic nitrogens is 6. The highest BCUT2D eigenvalue weighted by Crippen LogP contribution is 2.67. The lowest BCUT2D eigenvalue weighted by Crippen LogP contribution is -2.40. The fourth-order valence-electron chi connectivity index (χ4n) is 9.89. The molecule has 0 radical (unpaired) electrons. The topological polar surface area (TPSA) is 285 Å². The van der Waals surface area contributed by atoms with Crippen molar-refractivity contribution in [1.82, 2.24) is 29.1 Å². The molecule has 0 aliphatic carbocycles. The number of nitrogen functional groups attached to an aromatic ring is 1. The summed E-state index contributed by atoms with van der Waals surface area (Å²) in [7, 11) is 1.34. The quantitative estimate of drug-likeness (QED) is 0.0260. The predicted octanol–water partition coefficient (Wildman–Crippen LogP) is 11.3. The summed E-state index contributed by atoms with van der Waals surface area (Å²) < 4.78 is 95.9. The number of fused-ring (bicyclic) bond motifs is 4. The molecule has 3 N–H and O–H groups in total. The minimum Gasteiger partial charge on any atom is -0.494 e. The Morgan fingerprint density at radius 2 is 1.28 bits per heavy atom. The van der Waals surface area contributed by atoms with Crippen molar-refractivity contribution in [3.05, 3.63) is 171 Å². The van der Waals surface area contributed by atoms with Gasteiger partial charge in [-0.15, -0.1) is 0 Å². The number of carbonyl (C=O) groups excluding carboxylic acids is 2. The first kappa shape index (κ1) is 62.6. The number of unbranched alkanes of at least 4 members (excludes halogenated alkanes) is 7. The summed E-state index contributed by atoms with van der Waals surface area (Å²) in [6, 6.07) is 28.2. The van der Waals surface area contributed by atoms with Crippen LogP contribution >= 0.6 is 36.4 Å². The van der Waals surface area contributed by atoms with Gasteiger partial charge >= 0.3 is 31.2 Å². The molecule has 6 heterocycles. The lowest BCUT2D eigenvalue weighted by atomic mass is 10.1. The molecule has 3 aliphatic heterocycles. The number of nitrogens with two attached hydrogens (primary N) is 1. The van der Waals surface area contributed by atoms with Crippen LogP contribution in [0.3, 0.4) is 0 Å². The van der Waals surface area contributed by atoms with E-state index in [1.54, 1.807) is 89.5 Å². The molecule has 3 aliphatic rings. The van der Waals surface area contributed by atoms with Crippen LogP contribution in [0.2, 0.25) is 0 Å². The molecule has 86 heavy (non-hydrogen) atoms. The van der Waals surface area contributed by atoms with Gasteiger partial charge in [0.15, 0.2) is 23.9 Å². The number of benzene rings is 4. The van der Waals surface area contributed by atoms with Gasteiger partial charge in [-0.1, -0.05) is 93.8 Å². The van der Waals surface area contributed by atoms with Gasteiger partial charge in [0.05, 0.1) is 43.4 Å². The lowest BCUT2D eigenvalue weighted by Gasteiger charge is -2.29. The first-order valence-electron chi connectivity index (χ1n) is 28.3. The predicted molar refractivity (Wildman–Crippen MR) is 322 cm³/mol. The van der Waals surface area contributed by atoms with E-state index in [-0.39, 0.29) is 53.0 Å². The third-order valence-corrected chi connectivity index (χ3v) is 21.8. The Morgan fingerprint density at radius 3 is 1.91 bits per heavy atom. The molecule has 10 rings (SSSR count). The van der Waals surface area contributed by atoms with Crippen LogP contribution in [0.5, 0.6) is 17.2 Å². The van der Waals surface area contributed by atoms with Crippen LogP contribution in [0.15, 0.2) is 132 Å². The van der Waals surface area contributed by atoms with Gasteiger partial charge in [0.2, 0.25) is 0 Å². The summed E-state index contributed by atoms with van der Waals surface area (Å²) in [5.74, 6) is 0.345. The molecule has 0 amide bonds. The zero-order chi connectivity index (χ0) is 60.2. The van der Waals surface area contributed by atoms with Crippen LogP contribution in [0.4, 0.5) is 5.82 Å². The zero-order valence-corrected chi connectivity index (χ0v) is 51.0. The van der Waals surface area contributed by atoms with Crippen molar-refractivity contribution >= 4 is 65.3 Å². The Labute approximate surface area is 503 Å². The third kappa shape index (κ3) is 16.0. The first-order chi connectivity index (χ1) is 41.6. The van der Waals surface area contributed by atoms with Crippen molar-refractivity contribution in [2.75, 3.05) is 32.7 Å². The molecule has 23 nitrogen and oxygen atoms in total. The molecule has 27 heteroatoms. The Balaban J connectivity index is 0.871. The second kappa shape index (κ2) is 29.0. The van der Waals surface area contributed by atoms with Gasteiger partial charge in [0.25, 0.3) is 5.56 Å². The lowest BCUT2D eigenvalue weighted by molar-refractivity contribution is -0.0632. The standard InChI is InChI=1S/C59H67N7O16P2S2/c1-4-5-6-7-8-9-10-11-30-74-43-26-20-42(21-27-43)58(69)79-45-22-14-39(15-23-45)34-85-83(71)76-33-48-51(52(73-3)56(80-48)65-29-28-49(67)64-59(65)70)82-84(72,86-35-40-16-24-44(25-17-40)78-57(68)41-18-12-38(2)13-19-41)75-32-46-31-47(81-83)55(77-46)66-37-63-50-53(60)61-36-62-54(50)66/h12-29,36-37,46-48,51-52,55-56H,4-11,30-35H2,1-3H3,(H2,60,61,62)(H,64,67,70)/t46-,47+,48+,51+,52+,55+,56+,83?,84?/m0/s1. The van der Waals surface area contributed by atoms with Gasteiger partial charge in [-0.2, -0.15) is 0 Å². The van der Waals surface area contributed by atoms with E-state index in [2.05, 4.69) is 26.9 Å². The number of carbonyl (C=O) groups is 2. The number of nitrogens with one attached hydrogen (secondary N) is 1. The van der Waals surface area contributed by atoms with Gasteiger partial charge < -0.3 is 34.2 Å². The Kier molecular flexibility index (Phi) is 21.1. The number of rotatable bonds is 23. The summed E-state index contributed by atoms with van der Waals surface area (Å²) in [4.78, 5) is 66.8. The van der Waals surface area contributed by atoms with E-state index in [4.69, 9.17) is 52.2 Å². The van der Waals surface area contributed by atoms with Gasteiger partial charge in [-0.3, -0.25) is 37.0 Å². The highest BCUT2D eigenvalue weighted by Gasteiger charge is 2.53. The molecule has 2 bridgehead atoms. The molecular formula is C59H67N7O16P2S2. The van der Waals surface area contributed by atoms with Gasteiger partial charge in [0.1, 0.15) is 53.5 Å². The number of nitrogens with zero attached hydrogens (tertiary/aromatic N) is 5. The summed E-state index contributed by atoms with van der Waals surface area (Å²) in [5, 5.41) is 0. The number of ether oxygens (including phenoxy) is 6. The number of hydrogen-bond acceptors (Lipinski definition) is 22. The van der Waals surface area contributed by atoms with Crippen molar-refractivity contribution in [2.45, 2.75) is 126 Å². The van der Waals surface area contributed by atoms with E-state index >= 15 is 9.13 Å². The molecule has 9 atom stereocenters. The molecular weight excluding hydrogens is 1190 g/mol. The molecule has 456 valence electrons. The molecule has 0 saturated carbocycles. The first-order valence-corrected chi connectivity index (χ1v) is 34.6. The Bertz CT molecular complexity index is 3650. The molecule has 3 aromatic heterocycles. The molecule has 2 unspecified atom stereocenters. The number of aryl methyl sites for hydroxylation is 1. The molecule has 0 spiro atoms. The average Bonchev–Trinajstić information content (AvgIpc) is 2.13. The largest absolute Gasteiger partial charge is 0.494 e. The Hall–Kier alpha value is -6.47. The monoisotopic (exact) mass is 1260 g/mol. The number of aromatic amines is 1. The van der Waals surface area contributed by atoms with Gasteiger partial charge in [0, 0.05) is 37.3 Å². The molecule has 4 aromatic carbocycles. The number of esters is 2. The summed E-state index contributed by atoms with van der Waals surface area (Å²) in [5.41, 5.74) is 8.28.